The van der Waals surface area contributed by atoms with Gasteiger partial charge in [-0.3, -0.25) is 0 Å². The molecule has 2 rings (SSSR count). The smallest absolute Gasteiger partial charge is 0.208 e. The summed E-state index contributed by atoms with van der Waals surface area (Å²) in [5.74, 6) is 0.745. The van der Waals surface area contributed by atoms with Gasteiger partial charge in [-0.2, -0.15) is 0 Å². The zero-order valence-corrected chi connectivity index (χ0v) is 11.3. The third-order valence-corrected chi connectivity index (χ3v) is 5.28. The number of rotatable bonds is 4. The van der Waals surface area contributed by atoms with Crippen molar-refractivity contribution in [2.75, 3.05) is 24.7 Å². The Morgan fingerprint density at radius 2 is 2.06 bits per heavy atom. The van der Waals surface area contributed by atoms with Gasteiger partial charge in [-0.15, -0.1) is 10.2 Å². The van der Waals surface area contributed by atoms with Gasteiger partial charge in [0.1, 0.15) is 0 Å². The summed E-state index contributed by atoms with van der Waals surface area (Å²) in [6, 6.07) is 0. The second kappa shape index (κ2) is 4.89. The zero-order chi connectivity index (χ0) is 11.6. The van der Waals surface area contributed by atoms with E-state index in [4.69, 9.17) is 0 Å². The molecule has 1 aliphatic rings. The Morgan fingerprint density at radius 3 is 2.62 bits per heavy atom. The fraction of sp³-hybridized carbons (Fsp3) is 0.800. The molecular formula is C10H17N3OS2. The minimum Gasteiger partial charge on any atom is -0.389 e. The number of aromatic nitrogens is 2. The van der Waals surface area contributed by atoms with Gasteiger partial charge in [0.2, 0.25) is 5.13 Å². The van der Waals surface area contributed by atoms with Crippen molar-refractivity contribution >= 4 is 28.2 Å². The zero-order valence-electron chi connectivity index (χ0n) is 9.64. The Balaban J connectivity index is 1.89. The molecule has 0 bridgehead atoms. The Morgan fingerprint density at radius 1 is 1.38 bits per heavy atom. The van der Waals surface area contributed by atoms with Gasteiger partial charge in [-0.05, 0) is 12.8 Å². The van der Waals surface area contributed by atoms with E-state index in [-0.39, 0.29) is 0 Å². The predicted octanol–water partition coefficient (Wildman–Crippen LogP) is 2.00. The first-order chi connectivity index (χ1) is 7.59. The first-order valence-electron chi connectivity index (χ1n) is 5.45. The highest BCUT2D eigenvalue weighted by molar-refractivity contribution is 8.01. The lowest BCUT2D eigenvalue weighted by molar-refractivity contribution is 0.0732. The summed E-state index contributed by atoms with van der Waals surface area (Å²) in [7, 11) is 3.92. The number of anilines is 1. The van der Waals surface area contributed by atoms with E-state index in [0.29, 0.717) is 0 Å². The standard InChI is InChI=1S/C10H17N3OS2/c1-13(2)8-11-12-9(16-8)15-7-10(14)5-3-4-6-10/h14H,3-7H2,1-2H3. The second-order valence-electron chi connectivity index (χ2n) is 4.47. The highest BCUT2D eigenvalue weighted by Crippen LogP contribution is 2.36. The van der Waals surface area contributed by atoms with E-state index in [1.807, 2.05) is 19.0 Å². The molecule has 1 fully saturated rings. The molecule has 0 unspecified atom stereocenters. The topological polar surface area (TPSA) is 49.2 Å². The first-order valence-corrected chi connectivity index (χ1v) is 7.25. The third-order valence-electron chi connectivity index (χ3n) is 2.78. The molecule has 16 heavy (non-hydrogen) atoms. The molecule has 1 aromatic rings. The summed E-state index contributed by atoms with van der Waals surface area (Å²) in [6.07, 6.45) is 4.16. The molecular weight excluding hydrogens is 242 g/mol. The highest BCUT2D eigenvalue weighted by Gasteiger charge is 2.31. The molecule has 4 nitrogen and oxygen atoms in total. The normalized spacial score (nSPS) is 18.9. The molecule has 0 saturated heterocycles. The molecule has 0 amide bonds. The van der Waals surface area contributed by atoms with Crippen molar-refractivity contribution < 1.29 is 5.11 Å². The Kier molecular flexibility index (Phi) is 3.71. The van der Waals surface area contributed by atoms with E-state index in [0.717, 1.165) is 40.9 Å². The van der Waals surface area contributed by atoms with Crippen LogP contribution in [0, 0.1) is 0 Å². The summed E-state index contributed by atoms with van der Waals surface area (Å²) in [5, 5.41) is 19.3. The fourth-order valence-corrected chi connectivity index (χ4v) is 3.73. The van der Waals surface area contributed by atoms with Crippen molar-refractivity contribution in [2.24, 2.45) is 0 Å². The average molecular weight is 259 g/mol. The van der Waals surface area contributed by atoms with Gasteiger partial charge >= 0.3 is 0 Å². The molecule has 1 aromatic heterocycles. The maximum Gasteiger partial charge on any atom is 0.208 e. The molecule has 0 aromatic carbocycles. The molecule has 0 aliphatic heterocycles. The largest absolute Gasteiger partial charge is 0.389 e. The maximum absolute atomic E-state index is 10.2. The van der Waals surface area contributed by atoms with Crippen LogP contribution in [0.1, 0.15) is 25.7 Å². The van der Waals surface area contributed by atoms with E-state index >= 15 is 0 Å². The maximum atomic E-state index is 10.2. The second-order valence-corrected chi connectivity index (χ2v) is 6.64. The molecule has 90 valence electrons. The van der Waals surface area contributed by atoms with Crippen molar-refractivity contribution in [1.82, 2.24) is 10.2 Å². The Bertz CT molecular complexity index is 348. The van der Waals surface area contributed by atoms with Crippen LogP contribution in [0.2, 0.25) is 0 Å². The summed E-state index contributed by atoms with van der Waals surface area (Å²) in [5.41, 5.74) is -0.464. The van der Waals surface area contributed by atoms with Crippen LogP contribution < -0.4 is 4.90 Å². The monoisotopic (exact) mass is 259 g/mol. The molecule has 0 radical (unpaired) electrons. The number of hydrogen-bond donors (Lipinski definition) is 1. The predicted molar refractivity (Wildman–Crippen MR) is 68.4 cm³/mol. The molecule has 0 spiro atoms. The number of aliphatic hydroxyl groups is 1. The van der Waals surface area contributed by atoms with Crippen LogP contribution in [0.25, 0.3) is 0 Å². The van der Waals surface area contributed by atoms with Crippen LogP contribution in [-0.4, -0.2) is 40.8 Å². The quantitative estimate of drug-likeness (QED) is 0.838. The van der Waals surface area contributed by atoms with Crippen LogP contribution >= 0.6 is 23.1 Å². The van der Waals surface area contributed by atoms with Gasteiger partial charge in [0.25, 0.3) is 0 Å². The summed E-state index contributed by atoms with van der Waals surface area (Å²) >= 11 is 3.20. The lowest BCUT2D eigenvalue weighted by Crippen LogP contribution is -2.26. The van der Waals surface area contributed by atoms with Crippen LogP contribution in [0.5, 0.6) is 0 Å². The van der Waals surface area contributed by atoms with Gasteiger partial charge in [-0.25, -0.2) is 0 Å². The lowest BCUT2D eigenvalue weighted by Gasteiger charge is -2.20. The number of nitrogens with zero attached hydrogens (tertiary/aromatic N) is 3. The highest BCUT2D eigenvalue weighted by atomic mass is 32.2. The SMILES string of the molecule is CN(C)c1nnc(SCC2(O)CCCC2)s1. The number of thioether (sulfide) groups is 1. The Labute approximate surface area is 104 Å². The summed E-state index contributed by atoms with van der Waals surface area (Å²) in [4.78, 5) is 1.95. The van der Waals surface area contributed by atoms with E-state index in [1.165, 1.54) is 0 Å². The minimum atomic E-state index is -0.464. The third kappa shape index (κ3) is 2.87. The van der Waals surface area contributed by atoms with Gasteiger partial charge in [-0.1, -0.05) is 35.9 Å². The molecule has 1 heterocycles. The van der Waals surface area contributed by atoms with E-state index < -0.39 is 5.60 Å². The van der Waals surface area contributed by atoms with Crippen molar-refractivity contribution in [3.8, 4) is 0 Å². The van der Waals surface area contributed by atoms with Crippen molar-refractivity contribution in [1.29, 1.82) is 0 Å². The molecule has 0 atom stereocenters. The Hall–Kier alpha value is -0.330. The average Bonchev–Trinajstić information content (AvgIpc) is 2.84. The fourth-order valence-electron chi connectivity index (χ4n) is 1.82. The van der Waals surface area contributed by atoms with E-state index in [2.05, 4.69) is 10.2 Å². The molecule has 1 saturated carbocycles. The summed E-state index contributed by atoms with van der Waals surface area (Å²) < 4.78 is 0.948. The van der Waals surface area contributed by atoms with Crippen molar-refractivity contribution in [3.05, 3.63) is 0 Å². The van der Waals surface area contributed by atoms with Gasteiger partial charge in [0.15, 0.2) is 4.34 Å². The number of hydrogen-bond acceptors (Lipinski definition) is 6. The van der Waals surface area contributed by atoms with Gasteiger partial charge in [0.05, 0.1) is 5.60 Å². The minimum absolute atomic E-state index is 0.464. The molecule has 6 heteroatoms. The molecule has 1 aliphatic carbocycles. The van der Waals surface area contributed by atoms with Crippen LogP contribution in [0.4, 0.5) is 5.13 Å². The van der Waals surface area contributed by atoms with Gasteiger partial charge < -0.3 is 10.0 Å². The lowest BCUT2D eigenvalue weighted by atomic mass is 10.1. The molecule has 1 N–H and O–H groups in total. The van der Waals surface area contributed by atoms with Crippen LogP contribution in [0.15, 0.2) is 4.34 Å². The van der Waals surface area contributed by atoms with Crippen LogP contribution in [-0.2, 0) is 0 Å². The van der Waals surface area contributed by atoms with Gasteiger partial charge in [0, 0.05) is 19.8 Å². The first kappa shape index (κ1) is 12.1. The van der Waals surface area contributed by atoms with E-state index in [1.54, 1.807) is 23.1 Å². The van der Waals surface area contributed by atoms with Crippen molar-refractivity contribution in [2.45, 2.75) is 35.6 Å². The van der Waals surface area contributed by atoms with Crippen LogP contribution in [0.3, 0.4) is 0 Å². The van der Waals surface area contributed by atoms with E-state index in [9.17, 15) is 5.11 Å². The summed E-state index contributed by atoms with van der Waals surface area (Å²) in [6.45, 7) is 0. The van der Waals surface area contributed by atoms with Crippen molar-refractivity contribution in [3.63, 3.8) is 0 Å².